The van der Waals surface area contributed by atoms with Crippen LogP contribution in [0.15, 0.2) is 12.3 Å². The van der Waals surface area contributed by atoms with Crippen LogP contribution in [-0.4, -0.2) is 31.2 Å². The van der Waals surface area contributed by atoms with E-state index in [4.69, 9.17) is 4.74 Å². The van der Waals surface area contributed by atoms with Gasteiger partial charge in [0, 0.05) is 18.8 Å². The minimum Gasteiger partial charge on any atom is -0.378 e. The predicted octanol–water partition coefficient (Wildman–Crippen LogP) is 2.02. The van der Waals surface area contributed by atoms with Gasteiger partial charge in [-0.3, -0.25) is 0 Å². The van der Waals surface area contributed by atoms with Crippen LogP contribution < -0.4 is 0 Å². The second-order valence-electron chi connectivity index (χ2n) is 3.27. The predicted molar refractivity (Wildman–Crippen MR) is 51.1 cm³/mol. The highest BCUT2D eigenvalue weighted by atomic mass is 16.5. The van der Waals surface area contributed by atoms with Gasteiger partial charge in [-0.05, 0) is 12.8 Å². The van der Waals surface area contributed by atoms with Crippen molar-refractivity contribution >= 4 is 0 Å². The van der Waals surface area contributed by atoms with Crippen molar-refractivity contribution in [3.05, 3.63) is 12.3 Å². The smallest absolute Gasteiger partial charge is 0.0642 e. The summed E-state index contributed by atoms with van der Waals surface area (Å²) in [6.45, 7) is 10.1. The first-order valence-electron chi connectivity index (χ1n) is 4.85. The molecule has 2 nitrogen and oxygen atoms in total. The van der Waals surface area contributed by atoms with Crippen molar-refractivity contribution in [3.8, 4) is 0 Å². The first-order chi connectivity index (χ1) is 5.84. The van der Waals surface area contributed by atoms with E-state index in [1.165, 1.54) is 18.5 Å². The van der Waals surface area contributed by atoms with Gasteiger partial charge in [-0.15, -0.1) is 0 Å². The fourth-order valence-corrected chi connectivity index (χ4v) is 1.42. The number of rotatable bonds is 4. The number of allylic oxidation sites excluding steroid dienone is 1. The summed E-state index contributed by atoms with van der Waals surface area (Å²) in [4.78, 5) is 2.35. The van der Waals surface area contributed by atoms with Crippen LogP contribution in [0.2, 0.25) is 0 Å². The Morgan fingerprint density at radius 1 is 1.42 bits per heavy atom. The van der Waals surface area contributed by atoms with Gasteiger partial charge in [0.15, 0.2) is 0 Å². The van der Waals surface area contributed by atoms with Gasteiger partial charge in [0.05, 0.1) is 13.2 Å². The molecule has 1 rings (SSSR count). The van der Waals surface area contributed by atoms with Crippen molar-refractivity contribution in [2.75, 3.05) is 26.3 Å². The molecule has 0 aromatic rings. The van der Waals surface area contributed by atoms with E-state index in [2.05, 4.69) is 18.4 Å². The fraction of sp³-hybridized carbons (Fsp3) is 0.800. The van der Waals surface area contributed by atoms with Crippen LogP contribution in [0.5, 0.6) is 0 Å². The summed E-state index contributed by atoms with van der Waals surface area (Å²) in [6.07, 6.45) is 3.66. The Kier molecular flexibility index (Phi) is 4.15. The van der Waals surface area contributed by atoms with Crippen molar-refractivity contribution in [1.82, 2.24) is 4.90 Å². The third-order valence-electron chi connectivity index (χ3n) is 2.28. The molecule has 1 saturated heterocycles. The normalized spacial score (nSPS) is 17.9. The zero-order valence-corrected chi connectivity index (χ0v) is 8.01. The number of morpholine rings is 1. The van der Waals surface area contributed by atoms with E-state index in [-0.39, 0.29) is 0 Å². The minimum atomic E-state index is 0.866. The molecule has 2 heteroatoms. The molecule has 0 unspecified atom stereocenters. The largest absolute Gasteiger partial charge is 0.378 e. The van der Waals surface area contributed by atoms with Gasteiger partial charge in [-0.1, -0.05) is 19.9 Å². The van der Waals surface area contributed by atoms with E-state index >= 15 is 0 Å². The molecule has 1 aliphatic rings. The van der Waals surface area contributed by atoms with Gasteiger partial charge in [0.2, 0.25) is 0 Å². The highest BCUT2D eigenvalue weighted by molar-refractivity contribution is 4.94. The van der Waals surface area contributed by atoms with Crippen molar-refractivity contribution in [2.45, 2.75) is 26.2 Å². The van der Waals surface area contributed by atoms with Crippen molar-refractivity contribution in [3.63, 3.8) is 0 Å². The highest BCUT2D eigenvalue weighted by Crippen LogP contribution is 2.12. The maximum atomic E-state index is 5.27. The lowest BCUT2D eigenvalue weighted by molar-refractivity contribution is 0.0522. The second-order valence-corrected chi connectivity index (χ2v) is 3.27. The average Bonchev–Trinajstić information content (AvgIpc) is 2.15. The van der Waals surface area contributed by atoms with Gasteiger partial charge in [-0.25, -0.2) is 0 Å². The van der Waals surface area contributed by atoms with Crippen molar-refractivity contribution in [1.29, 1.82) is 0 Å². The number of hydrogen-bond acceptors (Lipinski definition) is 2. The molecule has 1 fully saturated rings. The summed E-state index contributed by atoms with van der Waals surface area (Å²) < 4.78 is 5.27. The molecule has 0 N–H and O–H groups in total. The van der Waals surface area contributed by atoms with E-state index in [0.717, 1.165) is 32.7 Å². The molecule has 0 aromatic heterocycles. The number of nitrogens with zero attached hydrogens (tertiary/aromatic N) is 1. The molecule has 0 saturated carbocycles. The summed E-state index contributed by atoms with van der Waals surface area (Å²) in [5.74, 6) is 0. The second kappa shape index (κ2) is 5.20. The molecule has 12 heavy (non-hydrogen) atoms. The van der Waals surface area contributed by atoms with Crippen LogP contribution in [0.3, 0.4) is 0 Å². The summed E-state index contributed by atoms with van der Waals surface area (Å²) in [7, 11) is 0. The fourth-order valence-electron chi connectivity index (χ4n) is 1.42. The topological polar surface area (TPSA) is 12.5 Å². The number of hydrogen-bond donors (Lipinski definition) is 0. The van der Waals surface area contributed by atoms with Gasteiger partial charge >= 0.3 is 0 Å². The molecule has 0 amide bonds. The van der Waals surface area contributed by atoms with Crippen LogP contribution >= 0.6 is 0 Å². The molecule has 1 heterocycles. The lowest BCUT2D eigenvalue weighted by atomic mass is 10.2. The molecule has 0 bridgehead atoms. The Morgan fingerprint density at radius 2 is 2.08 bits per heavy atom. The SMILES string of the molecule is C=C(CCCC)N1CCOCC1. The summed E-state index contributed by atoms with van der Waals surface area (Å²) in [5.41, 5.74) is 1.29. The highest BCUT2D eigenvalue weighted by Gasteiger charge is 2.10. The Labute approximate surface area is 75.2 Å². The third-order valence-corrected chi connectivity index (χ3v) is 2.28. The summed E-state index contributed by atoms with van der Waals surface area (Å²) >= 11 is 0. The van der Waals surface area contributed by atoms with Crippen LogP contribution in [0.1, 0.15) is 26.2 Å². The molecule has 0 atom stereocenters. The van der Waals surface area contributed by atoms with E-state index < -0.39 is 0 Å². The number of ether oxygens (including phenoxy) is 1. The molecular weight excluding hydrogens is 150 g/mol. The molecule has 1 aliphatic heterocycles. The van der Waals surface area contributed by atoms with E-state index in [1.807, 2.05) is 0 Å². The lowest BCUT2D eigenvalue weighted by Gasteiger charge is -2.30. The Morgan fingerprint density at radius 3 is 2.67 bits per heavy atom. The van der Waals surface area contributed by atoms with Crippen LogP contribution in [0.4, 0.5) is 0 Å². The zero-order chi connectivity index (χ0) is 8.81. The lowest BCUT2D eigenvalue weighted by Crippen LogP contribution is -2.35. The van der Waals surface area contributed by atoms with Gasteiger partial charge in [-0.2, -0.15) is 0 Å². The molecule has 0 aliphatic carbocycles. The molecular formula is C10H19NO. The molecule has 0 radical (unpaired) electrons. The molecule has 0 spiro atoms. The third kappa shape index (κ3) is 2.86. The van der Waals surface area contributed by atoms with Crippen LogP contribution in [0, 0.1) is 0 Å². The minimum absolute atomic E-state index is 0.866. The van der Waals surface area contributed by atoms with Crippen LogP contribution in [-0.2, 0) is 4.74 Å². The Hall–Kier alpha value is -0.500. The van der Waals surface area contributed by atoms with E-state index in [1.54, 1.807) is 0 Å². The first kappa shape index (κ1) is 9.59. The standard InChI is InChI=1S/C10H19NO/c1-3-4-5-10(2)11-6-8-12-9-7-11/h2-9H2,1H3. The van der Waals surface area contributed by atoms with E-state index in [9.17, 15) is 0 Å². The maximum absolute atomic E-state index is 5.27. The first-order valence-corrected chi connectivity index (χ1v) is 4.85. The maximum Gasteiger partial charge on any atom is 0.0642 e. The number of unbranched alkanes of at least 4 members (excludes halogenated alkanes) is 1. The monoisotopic (exact) mass is 169 g/mol. The summed E-state index contributed by atoms with van der Waals surface area (Å²) in [6, 6.07) is 0. The van der Waals surface area contributed by atoms with E-state index in [0.29, 0.717) is 0 Å². The quantitative estimate of drug-likeness (QED) is 0.638. The van der Waals surface area contributed by atoms with Gasteiger partial charge in [0.1, 0.15) is 0 Å². The zero-order valence-electron chi connectivity index (χ0n) is 8.01. The van der Waals surface area contributed by atoms with Crippen molar-refractivity contribution < 1.29 is 4.74 Å². The van der Waals surface area contributed by atoms with Gasteiger partial charge in [0.25, 0.3) is 0 Å². The summed E-state index contributed by atoms with van der Waals surface area (Å²) in [5, 5.41) is 0. The van der Waals surface area contributed by atoms with Gasteiger partial charge < -0.3 is 9.64 Å². The Bertz CT molecular complexity index is 139. The average molecular weight is 169 g/mol. The molecule has 0 aromatic carbocycles. The molecule has 70 valence electrons. The van der Waals surface area contributed by atoms with Crippen molar-refractivity contribution in [2.24, 2.45) is 0 Å². The van der Waals surface area contributed by atoms with Crippen LogP contribution in [0.25, 0.3) is 0 Å². The Balaban J connectivity index is 2.20.